The van der Waals surface area contributed by atoms with Crippen molar-refractivity contribution in [3.8, 4) is 17.2 Å². The summed E-state index contributed by atoms with van der Waals surface area (Å²) >= 11 is 0. The average Bonchev–Trinajstić information content (AvgIpc) is 3.15. The molecule has 0 aromatic heterocycles. The Balaban J connectivity index is 1.94. The van der Waals surface area contributed by atoms with Crippen molar-refractivity contribution in [1.82, 2.24) is 0 Å². The summed E-state index contributed by atoms with van der Waals surface area (Å²) in [7, 11) is 4.80. The van der Waals surface area contributed by atoms with Gasteiger partial charge in [-0.25, -0.2) is 0 Å². The van der Waals surface area contributed by atoms with Gasteiger partial charge in [0.1, 0.15) is 0 Å². The van der Waals surface area contributed by atoms with Gasteiger partial charge in [-0.3, -0.25) is 0 Å². The molecule has 0 radical (unpaired) electrons. The van der Waals surface area contributed by atoms with Gasteiger partial charge in [-0.15, -0.1) is 0 Å². The molecule has 21 heavy (non-hydrogen) atoms. The smallest absolute Gasteiger partial charge is 0.203 e. The van der Waals surface area contributed by atoms with Gasteiger partial charge in [0.25, 0.3) is 0 Å². The van der Waals surface area contributed by atoms with Crippen LogP contribution in [-0.4, -0.2) is 26.4 Å². The molecule has 1 aromatic rings. The predicted molar refractivity (Wildman–Crippen MR) is 80.0 cm³/mol. The summed E-state index contributed by atoms with van der Waals surface area (Å²) in [5, 5.41) is 10.9. The second-order valence-corrected chi connectivity index (χ2v) is 6.21. The van der Waals surface area contributed by atoms with Crippen molar-refractivity contribution in [2.24, 2.45) is 17.8 Å². The quantitative estimate of drug-likeness (QED) is 0.905. The Morgan fingerprint density at radius 3 is 2.29 bits per heavy atom. The molecule has 3 rings (SSSR count). The van der Waals surface area contributed by atoms with Crippen molar-refractivity contribution in [1.29, 1.82) is 0 Å². The average molecular weight is 292 g/mol. The van der Waals surface area contributed by atoms with Crippen LogP contribution in [0.5, 0.6) is 17.2 Å². The number of rotatable bonds is 5. The number of aliphatic hydroxyl groups excluding tert-OH is 1. The molecular formula is C17H24O4. The van der Waals surface area contributed by atoms with E-state index >= 15 is 0 Å². The molecule has 0 spiro atoms. The predicted octanol–water partition coefficient (Wildman–Crippen LogP) is 3.18. The first-order valence-electron chi connectivity index (χ1n) is 7.66. The Morgan fingerprint density at radius 2 is 1.76 bits per heavy atom. The Bertz CT molecular complexity index is 514. The maximum Gasteiger partial charge on any atom is 0.203 e. The summed E-state index contributed by atoms with van der Waals surface area (Å²) in [6.45, 7) is 0. The lowest BCUT2D eigenvalue weighted by atomic mass is 9.82. The van der Waals surface area contributed by atoms with Crippen LogP contribution < -0.4 is 14.2 Å². The maximum atomic E-state index is 10.9. The first kappa shape index (κ1) is 14.5. The van der Waals surface area contributed by atoms with Crippen molar-refractivity contribution in [3.05, 3.63) is 17.7 Å². The van der Waals surface area contributed by atoms with Crippen LogP contribution in [0.25, 0.3) is 0 Å². The monoisotopic (exact) mass is 292 g/mol. The van der Waals surface area contributed by atoms with Crippen LogP contribution in [0.2, 0.25) is 0 Å². The number of hydrogen-bond donors (Lipinski definition) is 1. The molecule has 1 N–H and O–H groups in total. The third-order valence-corrected chi connectivity index (χ3v) is 5.25. The molecule has 0 heterocycles. The zero-order chi connectivity index (χ0) is 15.0. The minimum atomic E-state index is -0.491. The molecule has 4 atom stereocenters. The fourth-order valence-corrected chi connectivity index (χ4v) is 4.27. The maximum absolute atomic E-state index is 10.9. The molecule has 2 aliphatic carbocycles. The van der Waals surface area contributed by atoms with E-state index in [9.17, 15) is 5.11 Å². The highest BCUT2D eigenvalue weighted by molar-refractivity contribution is 5.56. The minimum absolute atomic E-state index is 0.343. The fourth-order valence-electron chi connectivity index (χ4n) is 4.27. The molecule has 0 saturated heterocycles. The summed E-state index contributed by atoms with van der Waals surface area (Å²) in [5.74, 6) is 3.57. The Labute approximate surface area is 126 Å². The van der Waals surface area contributed by atoms with E-state index < -0.39 is 6.10 Å². The Kier molecular flexibility index (Phi) is 3.98. The van der Waals surface area contributed by atoms with E-state index in [-0.39, 0.29) is 0 Å². The van der Waals surface area contributed by atoms with Crippen LogP contribution in [0.1, 0.15) is 37.4 Å². The molecule has 4 unspecified atom stereocenters. The lowest BCUT2D eigenvalue weighted by Crippen LogP contribution is -2.20. The van der Waals surface area contributed by atoms with Crippen LogP contribution in [0.15, 0.2) is 12.1 Å². The lowest BCUT2D eigenvalue weighted by Gasteiger charge is -2.28. The molecule has 2 bridgehead atoms. The van der Waals surface area contributed by atoms with Crippen LogP contribution in [0, 0.1) is 17.8 Å². The topological polar surface area (TPSA) is 47.9 Å². The number of methoxy groups -OCH3 is 3. The van der Waals surface area contributed by atoms with E-state index in [2.05, 4.69) is 0 Å². The fraction of sp³-hybridized carbons (Fsp3) is 0.647. The second kappa shape index (κ2) is 5.76. The van der Waals surface area contributed by atoms with E-state index in [0.29, 0.717) is 29.1 Å². The molecule has 0 aliphatic heterocycles. The van der Waals surface area contributed by atoms with Crippen LogP contribution >= 0.6 is 0 Å². The lowest BCUT2D eigenvalue weighted by molar-refractivity contribution is 0.0718. The second-order valence-electron chi connectivity index (χ2n) is 6.21. The van der Waals surface area contributed by atoms with E-state index in [1.54, 1.807) is 21.3 Å². The van der Waals surface area contributed by atoms with Gasteiger partial charge in [0, 0.05) is 5.56 Å². The molecule has 2 fully saturated rings. The molecule has 2 saturated carbocycles. The SMILES string of the molecule is COc1ccc(C(O)C2CC3CCC2C3)c(OC)c1OC. The number of benzene rings is 1. The first-order valence-corrected chi connectivity index (χ1v) is 7.66. The molecule has 1 aromatic carbocycles. The summed E-state index contributed by atoms with van der Waals surface area (Å²) < 4.78 is 16.2. The Hall–Kier alpha value is -1.42. The molecule has 2 aliphatic rings. The molecular weight excluding hydrogens is 268 g/mol. The summed E-state index contributed by atoms with van der Waals surface area (Å²) in [5.41, 5.74) is 0.813. The number of fused-ring (bicyclic) bond motifs is 2. The van der Waals surface area contributed by atoms with Gasteiger partial charge < -0.3 is 19.3 Å². The van der Waals surface area contributed by atoms with Crippen molar-refractivity contribution in [2.45, 2.75) is 31.8 Å². The van der Waals surface area contributed by atoms with Crippen LogP contribution in [0.3, 0.4) is 0 Å². The van der Waals surface area contributed by atoms with Gasteiger partial charge in [-0.1, -0.05) is 6.42 Å². The largest absolute Gasteiger partial charge is 0.493 e. The number of aliphatic hydroxyl groups is 1. The standard InChI is InChI=1S/C17H24O4/c1-19-14-7-6-12(16(20-2)17(14)21-3)15(18)13-9-10-4-5-11(13)8-10/h6-7,10-11,13,15,18H,4-5,8-9H2,1-3H3. The molecule has 116 valence electrons. The third kappa shape index (κ3) is 2.35. The van der Waals surface area contributed by atoms with E-state index in [1.165, 1.54) is 19.3 Å². The number of ether oxygens (including phenoxy) is 3. The molecule has 4 nitrogen and oxygen atoms in total. The summed E-state index contributed by atoms with van der Waals surface area (Å²) in [4.78, 5) is 0. The Morgan fingerprint density at radius 1 is 1.00 bits per heavy atom. The third-order valence-electron chi connectivity index (χ3n) is 5.25. The van der Waals surface area contributed by atoms with E-state index in [4.69, 9.17) is 14.2 Å². The van der Waals surface area contributed by atoms with Crippen molar-refractivity contribution < 1.29 is 19.3 Å². The van der Waals surface area contributed by atoms with Crippen LogP contribution in [-0.2, 0) is 0 Å². The zero-order valence-corrected chi connectivity index (χ0v) is 13.0. The minimum Gasteiger partial charge on any atom is -0.493 e. The van der Waals surface area contributed by atoms with Gasteiger partial charge in [0.05, 0.1) is 27.4 Å². The number of hydrogen-bond acceptors (Lipinski definition) is 4. The van der Waals surface area contributed by atoms with E-state index in [0.717, 1.165) is 17.9 Å². The highest BCUT2D eigenvalue weighted by atomic mass is 16.5. The van der Waals surface area contributed by atoms with Crippen molar-refractivity contribution >= 4 is 0 Å². The highest BCUT2D eigenvalue weighted by Crippen LogP contribution is 2.54. The highest BCUT2D eigenvalue weighted by Gasteiger charge is 2.44. The molecule has 4 heteroatoms. The summed E-state index contributed by atoms with van der Waals surface area (Å²) in [6.07, 6.45) is 4.50. The van der Waals surface area contributed by atoms with Crippen molar-refractivity contribution in [2.75, 3.05) is 21.3 Å². The van der Waals surface area contributed by atoms with E-state index in [1.807, 2.05) is 12.1 Å². The van der Waals surface area contributed by atoms with Gasteiger partial charge >= 0.3 is 0 Å². The zero-order valence-electron chi connectivity index (χ0n) is 13.0. The van der Waals surface area contributed by atoms with Crippen molar-refractivity contribution in [3.63, 3.8) is 0 Å². The van der Waals surface area contributed by atoms with Gasteiger partial charge in [0.15, 0.2) is 11.5 Å². The van der Waals surface area contributed by atoms with Gasteiger partial charge in [0.2, 0.25) is 5.75 Å². The summed E-state index contributed by atoms with van der Waals surface area (Å²) in [6, 6.07) is 3.74. The normalized spacial score (nSPS) is 28.5. The first-order chi connectivity index (χ1) is 10.2. The van der Waals surface area contributed by atoms with Crippen LogP contribution in [0.4, 0.5) is 0 Å². The van der Waals surface area contributed by atoms with Gasteiger partial charge in [-0.2, -0.15) is 0 Å². The molecule has 0 amide bonds. The van der Waals surface area contributed by atoms with Gasteiger partial charge in [-0.05, 0) is 49.1 Å².